The molecule has 0 saturated carbocycles. The van der Waals surface area contributed by atoms with E-state index >= 15 is 0 Å². The Morgan fingerprint density at radius 3 is 2.33 bits per heavy atom. The van der Waals surface area contributed by atoms with E-state index in [1.54, 1.807) is 22.9 Å². The molecule has 0 fully saturated rings. The number of methoxy groups -OCH3 is 2. The molecular formula is C23H24N2O5. The second kappa shape index (κ2) is 9.26. The van der Waals surface area contributed by atoms with Gasteiger partial charge in [0.25, 0.3) is 0 Å². The molecule has 0 atom stereocenters. The summed E-state index contributed by atoms with van der Waals surface area (Å²) in [4.78, 5) is 24.8. The van der Waals surface area contributed by atoms with Gasteiger partial charge in [-0.3, -0.25) is 9.59 Å². The maximum atomic E-state index is 12.4. The van der Waals surface area contributed by atoms with Crippen molar-refractivity contribution in [3.05, 3.63) is 71.0 Å². The number of benzene rings is 2. The standard InChI is InChI=1S/C23H24N2O5/c1-15-19(16(2)25(24-15)18-8-6-5-7-9-18)13-23(27)30-14-20(26)17-10-11-21(28-3)22(12-17)29-4/h5-12H,13-14H2,1-4H3. The lowest BCUT2D eigenvalue weighted by molar-refractivity contribution is -0.141. The smallest absolute Gasteiger partial charge is 0.310 e. The van der Waals surface area contributed by atoms with Gasteiger partial charge < -0.3 is 14.2 Å². The zero-order chi connectivity index (χ0) is 21.7. The average molecular weight is 408 g/mol. The molecule has 7 heteroatoms. The van der Waals surface area contributed by atoms with Gasteiger partial charge in [0.05, 0.1) is 32.0 Å². The summed E-state index contributed by atoms with van der Waals surface area (Å²) in [5.41, 5.74) is 3.70. The second-order valence-electron chi connectivity index (χ2n) is 6.73. The third-order valence-corrected chi connectivity index (χ3v) is 4.83. The van der Waals surface area contributed by atoms with Crippen molar-refractivity contribution in [3.8, 4) is 17.2 Å². The first-order chi connectivity index (χ1) is 14.4. The van der Waals surface area contributed by atoms with E-state index in [2.05, 4.69) is 5.10 Å². The molecule has 0 amide bonds. The minimum absolute atomic E-state index is 0.0454. The number of nitrogens with zero attached hydrogens (tertiary/aromatic N) is 2. The lowest BCUT2D eigenvalue weighted by Gasteiger charge is -2.09. The third-order valence-electron chi connectivity index (χ3n) is 4.83. The number of para-hydroxylation sites is 1. The van der Waals surface area contributed by atoms with Crippen LogP contribution in [0.3, 0.4) is 0 Å². The van der Waals surface area contributed by atoms with Crippen molar-refractivity contribution in [2.24, 2.45) is 0 Å². The van der Waals surface area contributed by atoms with Crippen molar-refractivity contribution in [3.63, 3.8) is 0 Å². The molecule has 0 bridgehead atoms. The predicted molar refractivity (Wildman–Crippen MR) is 112 cm³/mol. The fraction of sp³-hybridized carbons (Fsp3) is 0.261. The monoisotopic (exact) mass is 408 g/mol. The van der Waals surface area contributed by atoms with Crippen LogP contribution >= 0.6 is 0 Å². The minimum atomic E-state index is -0.484. The van der Waals surface area contributed by atoms with E-state index in [-0.39, 0.29) is 18.8 Å². The highest BCUT2D eigenvalue weighted by molar-refractivity contribution is 5.98. The summed E-state index contributed by atoms with van der Waals surface area (Å²) in [6.07, 6.45) is 0.0454. The maximum Gasteiger partial charge on any atom is 0.310 e. The number of hydrogen-bond acceptors (Lipinski definition) is 6. The van der Waals surface area contributed by atoms with E-state index < -0.39 is 5.97 Å². The van der Waals surface area contributed by atoms with Gasteiger partial charge in [-0.25, -0.2) is 4.68 Å². The normalized spacial score (nSPS) is 10.5. The molecule has 0 aliphatic heterocycles. The lowest BCUT2D eigenvalue weighted by Crippen LogP contribution is -2.16. The topological polar surface area (TPSA) is 79.7 Å². The molecule has 0 aliphatic rings. The van der Waals surface area contributed by atoms with Crippen molar-refractivity contribution >= 4 is 11.8 Å². The molecule has 0 saturated heterocycles. The molecule has 0 unspecified atom stereocenters. The molecule has 2 aromatic carbocycles. The molecule has 0 spiro atoms. The van der Waals surface area contributed by atoms with Gasteiger partial charge in [-0.05, 0) is 44.2 Å². The van der Waals surface area contributed by atoms with Crippen molar-refractivity contribution in [1.29, 1.82) is 0 Å². The SMILES string of the molecule is COc1ccc(C(=O)COC(=O)Cc2c(C)nn(-c3ccccc3)c2C)cc1OC. The fourth-order valence-corrected chi connectivity index (χ4v) is 3.19. The molecule has 7 nitrogen and oxygen atoms in total. The van der Waals surface area contributed by atoms with Crippen LogP contribution in [-0.4, -0.2) is 42.4 Å². The summed E-state index contributed by atoms with van der Waals surface area (Å²) in [5, 5.41) is 4.53. The molecule has 30 heavy (non-hydrogen) atoms. The number of aromatic nitrogens is 2. The van der Waals surface area contributed by atoms with Gasteiger partial charge in [-0.15, -0.1) is 0 Å². The third kappa shape index (κ3) is 4.51. The van der Waals surface area contributed by atoms with E-state index in [0.29, 0.717) is 17.1 Å². The van der Waals surface area contributed by atoms with Crippen LogP contribution in [0.15, 0.2) is 48.5 Å². The lowest BCUT2D eigenvalue weighted by atomic mass is 10.1. The zero-order valence-corrected chi connectivity index (χ0v) is 17.5. The Balaban J connectivity index is 1.65. The first-order valence-corrected chi connectivity index (χ1v) is 9.46. The highest BCUT2D eigenvalue weighted by Gasteiger charge is 2.18. The summed E-state index contributed by atoms with van der Waals surface area (Å²) in [6.45, 7) is 3.41. The van der Waals surface area contributed by atoms with Crippen LogP contribution in [0.25, 0.3) is 5.69 Å². The van der Waals surface area contributed by atoms with Gasteiger partial charge in [0.2, 0.25) is 0 Å². The van der Waals surface area contributed by atoms with Crippen LogP contribution in [-0.2, 0) is 16.0 Å². The number of hydrogen-bond donors (Lipinski definition) is 0. The van der Waals surface area contributed by atoms with Crippen LogP contribution < -0.4 is 9.47 Å². The first kappa shape index (κ1) is 21.1. The van der Waals surface area contributed by atoms with Crippen molar-refractivity contribution in [2.75, 3.05) is 20.8 Å². The van der Waals surface area contributed by atoms with E-state index in [1.165, 1.54) is 14.2 Å². The summed E-state index contributed by atoms with van der Waals surface area (Å²) in [7, 11) is 3.01. The Morgan fingerprint density at radius 1 is 0.967 bits per heavy atom. The molecule has 1 aromatic heterocycles. The molecular weight excluding hydrogens is 384 g/mol. The summed E-state index contributed by atoms with van der Waals surface area (Å²) >= 11 is 0. The highest BCUT2D eigenvalue weighted by atomic mass is 16.5. The van der Waals surface area contributed by atoms with Crippen LogP contribution in [0.2, 0.25) is 0 Å². The summed E-state index contributed by atoms with van der Waals surface area (Å²) in [6, 6.07) is 14.5. The minimum Gasteiger partial charge on any atom is -0.493 e. The van der Waals surface area contributed by atoms with E-state index in [4.69, 9.17) is 14.2 Å². The van der Waals surface area contributed by atoms with Crippen molar-refractivity contribution in [1.82, 2.24) is 9.78 Å². The summed E-state index contributed by atoms with van der Waals surface area (Å²) in [5.74, 6) is 0.155. The quantitative estimate of drug-likeness (QED) is 0.419. The molecule has 0 aliphatic carbocycles. The molecule has 0 N–H and O–H groups in total. The Kier molecular flexibility index (Phi) is 6.51. The average Bonchev–Trinajstić information content (AvgIpc) is 3.05. The number of ether oxygens (including phenoxy) is 3. The van der Waals surface area contributed by atoms with Crippen LogP contribution in [0, 0.1) is 13.8 Å². The largest absolute Gasteiger partial charge is 0.493 e. The van der Waals surface area contributed by atoms with Gasteiger partial charge in [0.1, 0.15) is 0 Å². The Labute approximate surface area is 175 Å². The fourth-order valence-electron chi connectivity index (χ4n) is 3.19. The Hall–Kier alpha value is -3.61. The maximum absolute atomic E-state index is 12.4. The number of rotatable bonds is 8. The second-order valence-corrected chi connectivity index (χ2v) is 6.73. The first-order valence-electron chi connectivity index (χ1n) is 9.46. The van der Waals surface area contributed by atoms with E-state index in [1.807, 2.05) is 44.2 Å². The molecule has 156 valence electrons. The Morgan fingerprint density at radius 2 is 1.67 bits per heavy atom. The zero-order valence-electron chi connectivity index (χ0n) is 17.5. The molecule has 3 rings (SSSR count). The predicted octanol–water partition coefficient (Wildman–Crippen LogP) is 3.47. The number of carbonyl (C=O) groups is 2. The van der Waals surface area contributed by atoms with Gasteiger partial charge in [0.15, 0.2) is 23.9 Å². The van der Waals surface area contributed by atoms with Gasteiger partial charge in [-0.2, -0.15) is 5.10 Å². The Bertz CT molecular complexity index is 1060. The number of carbonyl (C=O) groups excluding carboxylic acids is 2. The van der Waals surface area contributed by atoms with Crippen LogP contribution in [0.1, 0.15) is 27.3 Å². The number of Topliss-reactive ketones (excluding diaryl/α,β-unsaturated/α-hetero) is 1. The highest BCUT2D eigenvalue weighted by Crippen LogP contribution is 2.27. The van der Waals surface area contributed by atoms with Gasteiger partial charge in [-0.1, -0.05) is 18.2 Å². The van der Waals surface area contributed by atoms with Gasteiger partial charge in [0, 0.05) is 16.8 Å². The van der Waals surface area contributed by atoms with Crippen LogP contribution in [0.4, 0.5) is 0 Å². The molecule has 1 heterocycles. The van der Waals surface area contributed by atoms with E-state index in [9.17, 15) is 9.59 Å². The summed E-state index contributed by atoms with van der Waals surface area (Å²) < 4.78 is 17.4. The van der Waals surface area contributed by atoms with Crippen molar-refractivity contribution < 1.29 is 23.8 Å². The number of aryl methyl sites for hydroxylation is 1. The number of ketones is 1. The van der Waals surface area contributed by atoms with E-state index in [0.717, 1.165) is 22.6 Å². The van der Waals surface area contributed by atoms with Gasteiger partial charge >= 0.3 is 5.97 Å². The molecule has 3 aromatic rings. The van der Waals surface area contributed by atoms with Crippen LogP contribution in [0.5, 0.6) is 11.5 Å². The number of esters is 1. The van der Waals surface area contributed by atoms with Crippen molar-refractivity contribution in [2.45, 2.75) is 20.3 Å². The molecule has 0 radical (unpaired) electrons.